The average Bonchev–Trinajstić information content (AvgIpc) is 3.24. The van der Waals surface area contributed by atoms with Crippen molar-refractivity contribution in [3.05, 3.63) is 29.6 Å². The van der Waals surface area contributed by atoms with Gasteiger partial charge in [-0.2, -0.15) is 0 Å². The van der Waals surface area contributed by atoms with E-state index in [0.29, 0.717) is 11.8 Å². The van der Waals surface area contributed by atoms with Gasteiger partial charge in [-0.3, -0.25) is 4.79 Å². The van der Waals surface area contributed by atoms with Crippen LogP contribution in [0.3, 0.4) is 0 Å². The molecule has 32 heavy (non-hydrogen) atoms. The van der Waals surface area contributed by atoms with E-state index in [1.54, 1.807) is 0 Å². The maximum Gasteiger partial charge on any atom is 0.225 e. The second-order valence-electron chi connectivity index (χ2n) is 9.92. The van der Waals surface area contributed by atoms with Crippen LogP contribution in [-0.4, -0.2) is 56.6 Å². The molecule has 3 aliphatic rings. The van der Waals surface area contributed by atoms with Gasteiger partial charge >= 0.3 is 0 Å². The fraction of sp³-hybridized carbons (Fsp3) is 0.600. The van der Waals surface area contributed by atoms with E-state index in [2.05, 4.69) is 44.4 Å². The Morgan fingerprint density at radius 2 is 1.72 bits per heavy atom. The third kappa shape index (κ3) is 3.33. The molecule has 0 bridgehead atoms. The molecule has 2 aromatic heterocycles. The molecule has 0 spiro atoms. The molecule has 168 valence electrons. The number of nitrogens with zero attached hydrogens (tertiary/aromatic N) is 6. The van der Waals surface area contributed by atoms with Gasteiger partial charge in [0.25, 0.3) is 0 Å². The number of carbonyl (C=O) groups is 1. The quantitative estimate of drug-likeness (QED) is 0.624. The number of carbonyl (C=O) groups excluding carboxylic acids is 1. The summed E-state index contributed by atoms with van der Waals surface area (Å²) >= 11 is 0. The fourth-order valence-corrected chi connectivity index (χ4v) is 5.63. The van der Waals surface area contributed by atoms with Crippen LogP contribution in [-0.2, 0) is 4.79 Å². The van der Waals surface area contributed by atoms with E-state index in [9.17, 15) is 4.79 Å². The Labute approximate surface area is 188 Å². The van der Waals surface area contributed by atoms with Gasteiger partial charge in [-0.1, -0.05) is 37.3 Å². The maximum atomic E-state index is 12.7. The van der Waals surface area contributed by atoms with Gasteiger partial charge in [0, 0.05) is 43.4 Å². The van der Waals surface area contributed by atoms with Gasteiger partial charge in [0.15, 0.2) is 5.65 Å². The van der Waals surface area contributed by atoms with Crippen LogP contribution in [0, 0.1) is 12.8 Å². The predicted octanol–water partition coefficient (Wildman–Crippen LogP) is 4.08. The number of piperazine rings is 1. The molecule has 2 saturated carbocycles. The molecule has 7 nitrogen and oxygen atoms in total. The number of aromatic nitrogens is 4. The minimum Gasteiger partial charge on any atom is -0.339 e. The first-order valence-corrected chi connectivity index (χ1v) is 12.4. The number of hydrogen-bond donors (Lipinski definition) is 0. The third-order valence-corrected chi connectivity index (χ3v) is 7.80. The highest BCUT2D eigenvalue weighted by Gasteiger charge is 2.32. The van der Waals surface area contributed by atoms with Crippen LogP contribution in [0.25, 0.3) is 16.6 Å². The Morgan fingerprint density at radius 3 is 2.44 bits per heavy atom. The zero-order chi connectivity index (χ0) is 21.7. The van der Waals surface area contributed by atoms with Gasteiger partial charge < -0.3 is 9.80 Å². The Kier molecular flexibility index (Phi) is 5.00. The monoisotopic (exact) mass is 432 g/mol. The molecule has 1 aromatic carbocycles. The Balaban J connectivity index is 1.38. The molecular weight excluding hydrogens is 400 g/mol. The van der Waals surface area contributed by atoms with Crippen molar-refractivity contribution in [2.45, 2.75) is 64.2 Å². The number of fused-ring (bicyclic) bond motifs is 3. The Hall–Kier alpha value is -2.70. The van der Waals surface area contributed by atoms with Gasteiger partial charge in [0.1, 0.15) is 5.82 Å². The molecule has 0 N–H and O–H groups in total. The summed E-state index contributed by atoms with van der Waals surface area (Å²) in [6, 6.07) is 6.39. The van der Waals surface area contributed by atoms with Crippen molar-refractivity contribution >= 4 is 28.4 Å². The van der Waals surface area contributed by atoms with Crippen molar-refractivity contribution in [3.8, 4) is 0 Å². The van der Waals surface area contributed by atoms with Crippen LogP contribution in [0.5, 0.6) is 0 Å². The predicted molar refractivity (Wildman–Crippen MR) is 125 cm³/mol. The Bertz CT molecular complexity index is 1150. The highest BCUT2D eigenvalue weighted by atomic mass is 16.2. The molecule has 6 rings (SSSR count). The zero-order valence-electron chi connectivity index (χ0n) is 19.0. The van der Waals surface area contributed by atoms with Crippen LogP contribution in [0.4, 0.5) is 5.95 Å². The SMILES string of the molecule is Cc1ccc2nc(N3CCN(C(=O)C4CCC4)CC3)n3c(C4CCCCC4)nnc3c2c1. The second-order valence-corrected chi connectivity index (χ2v) is 9.92. The lowest BCUT2D eigenvalue weighted by atomic mass is 9.84. The summed E-state index contributed by atoms with van der Waals surface area (Å²) in [5.74, 6) is 3.08. The van der Waals surface area contributed by atoms with Crippen LogP contribution >= 0.6 is 0 Å². The van der Waals surface area contributed by atoms with Gasteiger partial charge in [-0.15, -0.1) is 10.2 Å². The molecule has 3 heterocycles. The molecular formula is C25H32N6O. The van der Waals surface area contributed by atoms with Crippen molar-refractivity contribution < 1.29 is 4.79 Å². The first kappa shape index (κ1) is 19.9. The van der Waals surface area contributed by atoms with Crippen LogP contribution in [0.1, 0.15) is 68.7 Å². The van der Waals surface area contributed by atoms with Gasteiger partial charge in [-0.05, 0) is 44.7 Å². The highest BCUT2D eigenvalue weighted by Crippen LogP contribution is 2.35. The molecule has 1 aliphatic heterocycles. The van der Waals surface area contributed by atoms with Crippen LogP contribution in [0.2, 0.25) is 0 Å². The van der Waals surface area contributed by atoms with E-state index in [1.165, 1.54) is 44.1 Å². The first-order valence-electron chi connectivity index (χ1n) is 12.4. The minimum absolute atomic E-state index is 0.269. The molecule has 3 fully saturated rings. The lowest BCUT2D eigenvalue weighted by Gasteiger charge is -2.38. The van der Waals surface area contributed by atoms with E-state index < -0.39 is 0 Å². The summed E-state index contributed by atoms with van der Waals surface area (Å²) in [5, 5.41) is 10.5. The Morgan fingerprint density at radius 1 is 0.938 bits per heavy atom. The van der Waals surface area contributed by atoms with Crippen molar-refractivity contribution in [2.75, 3.05) is 31.1 Å². The number of amides is 1. The van der Waals surface area contributed by atoms with Gasteiger partial charge in [0.05, 0.1) is 5.52 Å². The lowest BCUT2D eigenvalue weighted by molar-refractivity contribution is -0.138. The zero-order valence-corrected chi connectivity index (χ0v) is 19.0. The second kappa shape index (κ2) is 8.01. The van der Waals surface area contributed by atoms with Crippen LogP contribution in [0.15, 0.2) is 18.2 Å². The van der Waals surface area contributed by atoms with Crippen LogP contribution < -0.4 is 4.90 Å². The van der Waals surface area contributed by atoms with E-state index in [4.69, 9.17) is 10.1 Å². The molecule has 1 amide bonds. The summed E-state index contributed by atoms with van der Waals surface area (Å²) in [4.78, 5) is 22.3. The first-order chi connectivity index (χ1) is 15.7. The molecule has 1 saturated heterocycles. The van der Waals surface area contributed by atoms with Crippen molar-refractivity contribution in [2.24, 2.45) is 5.92 Å². The molecule has 0 unspecified atom stereocenters. The highest BCUT2D eigenvalue weighted by molar-refractivity contribution is 5.93. The maximum absolute atomic E-state index is 12.7. The average molecular weight is 433 g/mol. The number of hydrogen-bond acceptors (Lipinski definition) is 5. The standard InChI is InChI=1S/C25H32N6O/c1-17-10-11-21-20(16-17)23-28-27-22(18-6-3-2-4-7-18)31(23)25(26-21)30-14-12-29(13-15-30)24(32)19-8-5-9-19/h10-11,16,18-19H,2-9,12-15H2,1H3. The molecule has 0 radical (unpaired) electrons. The molecule has 2 aliphatic carbocycles. The molecule has 7 heteroatoms. The van der Waals surface area contributed by atoms with Crippen molar-refractivity contribution in [1.82, 2.24) is 24.5 Å². The fourth-order valence-electron chi connectivity index (χ4n) is 5.63. The number of aryl methyl sites for hydroxylation is 1. The normalized spacial score (nSPS) is 20.8. The van der Waals surface area contributed by atoms with E-state index in [-0.39, 0.29) is 5.92 Å². The largest absolute Gasteiger partial charge is 0.339 e. The van der Waals surface area contributed by atoms with E-state index in [1.807, 2.05) is 0 Å². The number of benzene rings is 1. The third-order valence-electron chi connectivity index (χ3n) is 7.80. The van der Waals surface area contributed by atoms with Gasteiger partial charge in [0.2, 0.25) is 11.9 Å². The topological polar surface area (TPSA) is 66.6 Å². The van der Waals surface area contributed by atoms with Gasteiger partial charge in [-0.25, -0.2) is 9.38 Å². The molecule has 3 aromatic rings. The lowest BCUT2D eigenvalue weighted by Crippen LogP contribution is -2.51. The van der Waals surface area contributed by atoms with Crippen molar-refractivity contribution in [1.29, 1.82) is 0 Å². The smallest absolute Gasteiger partial charge is 0.225 e. The number of rotatable bonds is 3. The van der Waals surface area contributed by atoms with E-state index >= 15 is 0 Å². The summed E-state index contributed by atoms with van der Waals surface area (Å²) < 4.78 is 2.24. The van der Waals surface area contributed by atoms with E-state index in [0.717, 1.165) is 67.3 Å². The summed E-state index contributed by atoms with van der Waals surface area (Å²) in [6.45, 7) is 5.26. The summed E-state index contributed by atoms with van der Waals surface area (Å²) in [5.41, 5.74) is 3.09. The van der Waals surface area contributed by atoms with Crippen molar-refractivity contribution in [3.63, 3.8) is 0 Å². The number of anilines is 1. The molecule has 0 atom stereocenters. The minimum atomic E-state index is 0.269. The summed E-state index contributed by atoms with van der Waals surface area (Å²) in [6.07, 6.45) is 9.52. The summed E-state index contributed by atoms with van der Waals surface area (Å²) in [7, 11) is 0.